The molecule has 1 heterocycles. The normalized spacial score (nSPS) is 18.4. The number of carboxylic acid groups (broad SMARTS) is 1. The van der Waals surface area contributed by atoms with Gasteiger partial charge in [-0.1, -0.05) is 0 Å². The second kappa shape index (κ2) is 4.93. The Kier molecular flexibility index (Phi) is 3.85. The summed E-state index contributed by atoms with van der Waals surface area (Å²) >= 11 is 0. The lowest BCUT2D eigenvalue weighted by Gasteiger charge is -2.26. The number of carbonyl (C=O) groups is 2. The van der Waals surface area contributed by atoms with Crippen molar-refractivity contribution in [2.45, 2.75) is 26.7 Å². The summed E-state index contributed by atoms with van der Waals surface area (Å²) in [6, 6.07) is 0. The number of nitrogens with zero attached hydrogens (tertiary/aromatic N) is 1. The van der Waals surface area contributed by atoms with Gasteiger partial charge in [0, 0.05) is 17.7 Å². The summed E-state index contributed by atoms with van der Waals surface area (Å²) < 4.78 is 0. The minimum atomic E-state index is -1.07. The zero-order chi connectivity index (χ0) is 11.4. The highest BCUT2D eigenvalue weighted by atomic mass is 16.7. The predicted molar refractivity (Wildman–Crippen MR) is 52.9 cm³/mol. The number of hydrogen-bond acceptors (Lipinski definition) is 3. The Balaban J connectivity index is 2.74. The molecule has 15 heavy (non-hydrogen) atoms. The van der Waals surface area contributed by atoms with Gasteiger partial charge < -0.3 is 5.11 Å². The molecule has 0 saturated carbocycles. The zero-order valence-electron chi connectivity index (χ0n) is 8.95. The van der Waals surface area contributed by atoms with Gasteiger partial charge in [0.05, 0.1) is 6.61 Å². The summed E-state index contributed by atoms with van der Waals surface area (Å²) in [6.45, 7) is 3.97. The summed E-state index contributed by atoms with van der Waals surface area (Å²) in [7, 11) is 0. The van der Waals surface area contributed by atoms with Crippen molar-refractivity contribution in [3.8, 4) is 0 Å². The molecule has 1 aliphatic rings. The molecule has 0 radical (unpaired) electrons. The molecule has 0 unspecified atom stereocenters. The van der Waals surface area contributed by atoms with Crippen LogP contribution in [0.5, 0.6) is 0 Å². The van der Waals surface area contributed by atoms with Crippen LogP contribution in [0.2, 0.25) is 0 Å². The van der Waals surface area contributed by atoms with E-state index in [-0.39, 0.29) is 17.1 Å². The zero-order valence-corrected chi connectivity index (χ0v) is 8.95. The Hall–Kier alpha value is -1.36. The van der Waals surface area contributed by atoms with E-state index in [1.807, 2.05) is 0 Å². The summed E-state index contributed by atoms with van der Waals surface area (Å²) in [5.74, 6) is -1.42. The van der Waals surface area contributed by atoms with Gasteiger partial charge in [0.25, 0.3) is 5.91 Å². The first kappa shape index (κ1) is 11.7. The lowest BCUT2D eigenvalue weighted by atomic mass is 10.1. The van der Waals surface area contributed by atoms with Crippen molar-refractivity contribution in [2.75, 3.05) is 13.2 Å². The first-order valence-corrected chi connectivity index (χ1v) is 4.89. The average Bonchev–Trinajstić information content (AvgIpc) is 2.27. The minimum absolute atomic E-state index is 0.0640. The van der Waals surface area contributed by atoms with E-state index in [1.165, 1.54) is 18.9 Å². The molecule has 1 fully saturated rings. The van der Waals surface area contributed by atoms with E-state index >= 15 is 0 Å². The van der Waals surface area contributed by atoms with E-state index in [0.29, 0.717) is 13.2 Å². The van der Waals surface area contributed by atoms with Gasteiger partial charge in [-0.2, -0.15) is 0 Å². The highest BCUT2D eigenvalue weighted by Crippen LogP contribution is 2.12. The number of rotatable bonds is 2. The van der Waals surface area contributed by atoms with Gasteiger partial charge in [0.2, 0.25) is 0 Å². The number of carboxylic acids is 1. The standard InChI is InChI=1S/C10H15NO4/c1-7(8(2)10(13)14)9(12)11-5-3-4-6-15-11/h3-6H2,1-2H3,(H,13,14). The van der Waals surface area contributed by atoms with Gasteiger partial charge in [0.15, 0.2) is 0 Å². The summed E-state index contributed by atoms with van der Waals surface area (Å²) in [5, 5.41) is 9.97. The molecule has 1 amide bonds. The largest absolute Gasteiger partial charge is 0.478 e. The van der Waals surface area contributed by atoms with Crippen LogP contribution in [0.1, 0.15) is 26.7 Å². The van der Waals surface area contributed by atoms with Crippen LogP contribution >= 0.6 is 0 Å². The molecule has 0 bridgehead atoms. The third-order valence-corrected chi connectivity index (χ3v) is 2.43. The molecule has 5 heteroatoms. The smallest absolute Gasteiger partial charge is 0.331 e. The van der Waals surface area contributed by atoms with Crippen LogP contribution in [-0.2, 0) is 14.4 Å². The Bertz CT molecular complexity index is 303. The molecule has 1 rings (SSSR count). The first-order chi connectivity index (χ1) is 7.04. The SMILES string of the molecule is CC(C(=O)O)=C(C)C(=O)N1CCCCO1. The summed E-state index contributed by atoms with van der Waals surface area (Å²) in [6.07, 6.45) is 1.83. The second-order valence-corrected chi connectivity index (χ2v) is 3.50. The van der Waals surface area contributed by atoms with Crippen LogP contribution in [0.3, 0.4) is 0 Å². The van der Waals surface area contributed by atoms with Crippen LogP contribution in [0.4, 0.5) is 0 Å². The molecule has 84 valence electrons. The number of hydroxylamine groups is 2. The molecule has 0 aliphatic carbocycles. The lowest BCUT2D eigenvalue weighted by molar-refractivity contribution is -0.192. The van der Waals surface area contributed by atoms with E-state index in [2.05, 4.69) is 0 Å². The van der Waals surface area contributed by atoms with Gasteiger partial charge in [-0.3, -0.25) is 9.63 Å². The van der Waals surface area contributed by atoms with Gasteiger partial charge in [0.1, 0.15) is 0 Å². The Labute approximate surface area is 88.3 Å². The maximum absolute atomic E-state index is 11.7. The number of hydrogen-bond donors (Lipinski definition) is 1. The molecular weight excluding hydrogens is 198 g/mol. The van der Waals surface area contributed by atoms with Gasteiger partial charge in [-0.15, -0.1) is 0 Å². The van der Waals surface area contributed by atoms with Crippen molar-refractivity contribution in [1.29, 1.82) is 0 Å². The molecule has 1 saturated heterocycles. The first-order valence-electron chi connectivity index (χ1n) is 4.89. The van der Waals surface area contributed by atoms with Crippen molar-refractivity contribution in [2.24, 2.45) is 0 Å². The van der Waals surface area contributed by atoms with E-state index in [1.54, 1.807) is 0 Å². The molecule has 0 aromatic carbocycles. The van der Waals surface area contributed by atoms with Crippen LogP contribution in [-0.4, -0.2) is 35.2 Å². The molecule has 5 nitrogen and oxygen atoms in total. The van der Waals surface area contributed by atoms with Crippen LogP contribution in [0, 0.1) is 0 Å². The maximum Gasteiger partial charge on any atom is 0.331 e. The predicted octanol–water partition coefficient (Wildman–Crippen LogP) is 0.961. The lowest BCUT2D eigenvalue weighted by Crippen LogP contribution is -2.36. The van der Waals surface area contributed by atoms with E-state index in [9.17, 15) is 9.59 Å². The Morgan fingerprint density at radius 2 is 1.87 bits per heavy atom. The van der Waals surface area contributed by atoms with Crippen molar-refractivity contribution >= 4 is 11.9 Å². The van der Waals surface area contributed by atoms with E-state index in [0.717, 1.165) is 12.8 Å². The molecule has 0 spiro atoms. The molecule has 0 atom stereocenters. The van der Waals surface area contributed by atoms with Crippen molar-refractivity contribution < 1.29 is 19.5 Å². The Morgan fingerprint density at radius 3 is 2.33 bits per heavy atom. The third kappa shape index (κ3) is 2.79. The molecule has 0 aromatic heterocycles. The minimum Gasteiger partial charge on any atom is -0.478 e. The van der Waals surface area contributed by atoms with Crippen LogP contribution < -0.4 is 0 Å². The highest BCUT2D eigenvalue weighted by molar-refractivity contribution is 6.00. The fourth-order valence-electron chi connectivity index (χ4n) is 1.26. The molecular formula is C10H15NO4. The summed E-state index contributed by atoms with van der Waals surface area (Å²) in [4.78, 5) is 27.5. The monoisotopic (exact) mass is 213 g/mol. The van der Waals surface area contributed by atoms with Gasteiger partial charge >= 0.3 is 5.97 Å². The van der Waals surface area contributed by atoms with Gasteiger partial charge in [-0.05, 0) is 26.7 Å². The molecule has 0 aromatic rings. The fraction of sp³-hybridized carbons (Fsp3) is 0.600. The average molecular weight is 213 g/mol. The van der Waals surface area contributed by atoms with E-state index in [4.69, 9.17) is 9.94 Å². The van der Waals surface area contributed by atoms with Gasteiger partial charge in [-0.25, -0.2) is 9.86 Å². The quantitative estimate of drug-likeness (QED) is 0.694. The van der Waals surface area contributed by atoms with Crippen molar-refractivity contribution in [1.82, 2.24) is 5.06 Å². The van der Waals surface area contributed by atoms with Crippen molar-refractivity contribution in [3.63, 3.8) is 0 Å². The van der Waals surface area contributed by atoms with Crippen molar-refractivity contribution in [3.05, 3.63) is 11.1 Å². The summed E-state index contributed by atoms with van der Waals surface area (Å²) in [5.41, 5.74) is 0.290. The number of aliphatic carboxylic acids is 1. The molecule has 1 aliphatic heterocycles. The maximum atomic E-state index is 11.7. The Morgan fingerprint density at radius 1 is 1.20 bits per heavy atom. The third-order valence-electron chi connectivity index (χ3n) is 2.43. The number of amides is 1. The number of carbonyl (C=O) groups excluding carboxylic acids is 1. The van der Waals surface area contributed by atoms with E-state index < -0.39 is 5.97 Å². The molecule has 1 N–H and O–H groups in total. The van der Waals surface area contributed by atoms with Crippen LogP contribution in [0.15, 0.2) is 11.1 Å². The topological polar surface area (TPSA) is 66.8 Å². The fourth-order valence-corrected chi connectivity index (χ4v) is 1.26. The second-order valence-electron chi connectivity index (χ2n) is 3.50. The van der Waals surface area contributed by atoms with Crippen LogP contribution in [0.25, 0.3) is 0 Å². The highest BCUT2D eigenvalue weighted by Gasteiger charge is 2.21.